The van der Waals surface area contributed by atoms with Crippen molar-refractivity contribution in [2.45, 2.75) is 10.6 Å². The van der Waals surface area contributed by atoms with E-state index < -0.39 is 15.8 Å². The first-order valence-corrected chi connectivity index (χ1v) is 7.97. The second-order valence-electron chi connectivity index (χ2n) is 4.23. The molecule has 6 nitrogen and oxygen atoms in total. The van der Waals surface area contributed by atoms with Gasteiger partial charge in [-0.25, -0.2) is 13.2 Å². The number of aromatic nitrogens is 2. The van der Waals surface area contributed by atoms with E-state index in [1.165, 1.54) is 29.1 Å². The molecule has 0 saturated heterocycles. The Morgan fingerprint density at radius 3 is 2.70 bits per heavy atom. The van der Waals surface area contributed by atoms with Crippen molar-refractivity contribution < 1.29 is 18.3 Å². The van der Waals surface area contributed by atoms with Gasteiger partial charge in [-0.05, 0) is 18.2 Å². The average molecular weight is 359 g/mol. The molecule has 0 aliphatic heterocycles. The van der Waals surface area contributed by atoms with Gasteiger partial charge in [0.15, 0.2) is 9.84 Å². The van der Waals surface area contributed by atoms with E-state index in [-0.39, 0.29) is 16.2 Å². The number of aromatic carboxylic acids is 1. The number of carboxylic acids is 1. The number of sulfone groups is 1. The number of halogens is 1. The minimum atomic E-state index is -3.76. The minimum absolute atomic E-state index is 0.205. The van der Waals surface area contributed by atoms with Gasteiger partial charge < -0.3 is 5.11 Å². The zero-order chi connectivity index (χ0) is 14.9. The highest BCUT2D eigenvalue weighted by atomic mass is 79.9. The van der Waals surface area contributed by atoms with Crippen LogP contribution in [0.4, 0.5) is 0 Å². The molecule has 0 spiro atoms. The Labute approximate surface area is 124 Å². The van der Waals surface area contributed by atoms with Crippen molar-refractivity contribution in [1.82, 2.24) is 9.78 Å². The van der Waals surface area contributed by atoms with Gasteiger partial charge in [0.2, 0.25) is 0 Å². The Hall–Kier alpha value is -1.67. The molecule has 1 heterocycles. The van der Waals surface area contributed by atoms with Crippen molar-refractivity contribution in [2.75, 3.05) is 0 Å². The fourth-order valence-corrected chi connectivity index (χ4v) is 3.83. The zero-order valence-electron chi connectivity index (χ0n) is 10.4. The van der Waals surface area contributed by atoms with Crippen molar-refractivity contribution in [3.63, 3.8) is 0 Å². The second-order valence-corrected chi connectivity index (χ2v) is 7.10. The highest BCUT2D eigenvalue weighted by Gasteiger charge is 2.23. The summed E-state index contributed by atoms with van der Waals surface area (Å²) in [4.78, 5) is 10.9. The van der Waals surface area contributed by atoms with Gasteiger partial charge in [0.05, 0.1) is 22.4 Å². The fraction of sp³-hybridized carbons (Fsp3) is 0.167. The molecule has 0 bridgehead atoms. The fourth-order valence-electron chi connectivity index (χ4n) is 1.77. The Kier molecular flexibility index (Phi) is 3.96. The molecule has 0 aliphatic carbocycles. The summed E-state index contributed by atoms with van der Waals surface area (Å²) in [6.07, 6.45) is 3.02. The summed E-state index contributed by atoms with van der Waals surface area (Å²) in [5, 5.41) is 13.0. The van der Waals surface area contributed by atoms with Crippen molar-refractivity contribution in [2.24, 2.45) is 7.05 Å². The lowest BCUT2D eigenvalue weighted by molar-refractivity contribution is 0.0692. The van der Waals surface area contributed by atoms with Crippen molar-refractivity contribution in [3.8, 4) is 0 Å². The maximum Gasteiger partial charge on any atom is 0.337 e. The molecule has 0 fully saturated rings. The highest BCUT2D eigenvalue weighted by molar-refractivity contribution is 9.10. The molecule has 20 heavy (non-hydrogen) atoms. The Morgan fingerprint density at radius 2 is 2.15 bits per heavy atom. The summed E-state index contributed by atoms with van der Waals surface area (Å²) in [5.74, 6) is -1.57. The molecule has 1 aromatic heterocycles. The average Bonchev–Trinajstić information content (AvgIpc) is 2.73. The van der Waals surface area contributed by atoms with Gasteiger partial charge in [0.1, 0.15) is 0 Å². The van der Waals surface area contributed by atoms with Crippen molar-refractivity contribution in [3.05, 3.63) is 46.2 Å². The lowest BCUT2D eigenvalue weighted by Crippen LogP contribution is -2.11. The molecule has 2 rings (SSSR count). The lowest BCUT2D eigenvalue weighted by Gasteiger charge is -2.07. The normalized spacial score (nSPS) is 11.5. The van der Waals surface area contributed by atoms with Gasteiger partial charge in [-0.15, -0.1) is 0 Å². The summed E-state index contributed by atoms with van der Waals surface area (Å²) in [6.45, 7) is 0. The number of hydrogen-bond donors (Lipinski definition) is 1. The molecule has 0 radical (unpaired) electrons. The van der Waals surface area contributed by atoms with Crippen LogP contribution in [-0.2, 0) is 22.6 Å². The van der Waals surface area contributed by atoms with Crippen LogP contribution in [0.1, 0.15) is 15.9 Å². The number of carbonyl (C=O) groups is 1. The van der Waals surface area contributed by atoms with Gasteiger partial charge in [-0.3, -0.25) is 4.68 Å². The van der Waals surface area contributed by atoms with Gasteiger partial charge in [0, 0.05) is 23.3 Å². The molecular weight excluding hydrogens is 348 g/mol. The Morgan fingerprint density at radius 1 is 1.45 bits per heavy atom. The van der Waals surface area contributed by atoms with Crippen LogP contribution in [0.15, 0.2) is 40.0 Å². The van der Waals surface area contributed by atoms with Crippen molar-refractivity contribution in [1.29, 1.82) is 0 Å². The third-order valence-electron chi connectivity index (χ3n) is 2.62. The molecule has 106 valence electrons. The van der Waals surface area contributed by atoms with E-state index in [0.29, 0.717) is 10.0 Å². The van der Waals surface area contributed by atoms with E-state index in [0.717, 1.165) is 0 Å². The summed E-state index contributed by atoms with van der Waals surface area (Å²) < 4.78 is 26.7. The molecule has 1 N–H and O–H groups in total. The van der Waals surface area contributed by atoms with E-state index in [4.69, 9.17) is 5.11 Å². The number of rotatable bonds is 4. The summed E-state index contributed by atoms with van der Waals surface area (Å²) in [5.41, 5.74) is 0.265. The summed E-state index contributed by atoms with van der Waals surface area (Å²) >= 11 is 3.15. The predicted molar refractivity (Wildman–Crippen MR) is 75.2 cm³/mol. The molecule has 8 heteroatoms. The largest absolute Gasteiger partial charge is 0.478 e. The predicted octanol–water partition coefficient (Wildman–Crippen LogP) is 1.85. The van der Waals surface area contributed by atoms with Crippen molar-refractivity contribution >= 4 is 31.7 Å². The summed E-state index contributed by atoms with van der Waals surface area (Å²) in [6, 6.07) is 4.06. The first-order valence-electron chi connectivity index (χ1n) is 5.53. The quantitative estimate of drug-likeness (QED) is 0.900. The molecule has 1 aromatic carbocycles. The van der Waals surface area contributed by atoms with E-state index in [1.54, 1.807) is 13.2 Å². The second kappa shape index (κ2) is 5.37. The van der Waals surface area contributed by atoms with Crippen LogP contribution in [0.5, 0.6) is 0 Å². The standard InChI is InChI=1S/C12H11BrN2O4S/c1-15-6-8(5-14-15)7-20(18,19)11-4-9(13)2-3-10(11)12(16)17/h2-6H,7H2,1H3,(H,16,17). The number of hydrogen-bond acceptors (Lipinski definition) is 4. The number of carboxylic acid groups (broad SMARTS) is 1. The van der Waals surface area contributed by atoms with Crippen LogP contribution in [0.3, 0.4) is 0 Å². The highest BCUT2D eigenvalue weighted by Crippen LogP contribution is 2.24. The maximum atomic E-state index is 12.4. The monoisotopic (exact) mass is 358 g/mol. The minimum Gasteiger partial charge on any atom is -0.478 e. The van der Waals surface area contributed by atoms with E-state index in [2.05, 4.69) is 21.0 Å². The summed E-state index contributed by atoms with van der Waals surface area (Å²) in [7, 11) is -2.08. The van der Waals surface area contributed by atoms with Gasteiger partial charge in [-0.2, -0.15) is 5.10 Å². The Bertz CT molecular complexity index is 768. The van der Waals surface area contributed by atoms with Crippen LogP contribution < -0.4 is 0 Å². The van der Waals surface area contributed by atoms with E-state index in [1.807, 2.05) is 0 Å². The number of benzene rings is 1. The molecule has 0 unspecified atom stereocenters. The van der Waals surface area contributed by atoms with E-state index in [9.17, 15) is 13.2 Å². The first kappa shape index (κ1) is 14.7. The Balaban J connectivity index is 2.48. The van der Waals surface area contributed by atoms with Crippen LogP contribution in [0, 0.1) is 0 Å². The third kappa shape index (κ3) is 3.07. The van der Waals surface area contributed by atoms with Crippen LogP contribution >= 0.6 is 15.9 Å². The topological polar surface area (TPSA) is 89.3 Å². The van der Waals surface area contributed by atoms with Crippen LogP contribution in [0.2, 0.25) is 0 Å². The molecule has 0 saturated carbocycles. The lowest BCUT2D eigenvalue weighted by atomic mass is 10.2. The molecular formula is C12H11BrN2O4S. The molecule has 0 amide bonds. The van der Waals surface area contributed by atoms with Crippen LogP contribution in [-0.4, -0.2) is 29.3 Å². The molecule has 2 aromatic rings. The molecule has 0 aliphatic rings. The maximum absolute atomic E-state index is 12.4. The smallest absolute Gasteiger partial charge is 0.337 e. The van der Waals surface area contributed by atoms with Gasteiger partial charge >= 0.3 is 5.97 Å². The van der Waals surface area contributed by atoms with Gasteiger partial charge in [-0.1, -0.05) is 15.9 Å². The molecule has 0 atom stereocenters. The number of nitrogens with zero attached hydrogens (tertiary/aromatic N) is 2. The third-order valence-corrected chi connectivity index (χ3v) is 4.84. The SMILES string of the molecule is Cn1cc(CS(=O)(=O)c2cc(Br)ccc2C(=O)O)cn1. The van der Waals surface area contributed by atoms with Crippen LogP contribution in [0.25, 0.3) is 0 Å². The first-order chi connectivity index (χ1) is 9.29. The zero-order valence-corrected chi connectivity index (χ0v) is 12.8. The number of aryl methyl sites for hydroxylation is 1. The van der Waals surface area contributed by atoms with Gasteiger partial charge in [0.25, 0.3) is 0 Å². The van der Waals surface area contributed by atoms with E-state index >= 15 is 0 Å².